The summed E-state index contributed by atoms with van der Waals surface area (Å²) in [7, 11) is 0. The second-order valence-corrected chi connectivity index (χ2v) is 4.39. The molecular formula is C11H21NO3. The summed E-state index contributed by atoms with van der Waals surface area (Å²) in [4.78, 5) is 2.47. The first-order valence-corrected chi connectivity index (χ1v) is 5.99. The van der Waals surface area contributed by atoms with E-state index >= 15 is 0 Å². The lowest BCUT2D eigenvalue weighted by Gasteiger charge is -2.27. The highest BCUT2D eigenvalue weighted by Crippen LogP contribution is 2.16. The number of aliphatic hydroxyl groups excluding tert-OH is 1. The summed E-state index contributed by atoms with van der Waals surface area (Å²) in [6.07, 6.45) is 4.76. The summed E-state index contributed by atoms with van der Waals surface area (Å²) in [5.74, 6) is 0. The van der Waals surface area contributed by atoms with Crippen molar-refractivity contribution < 1.29 is 14.6 Å². The van der Waals surface area contributed by atoms with E-state index < -0.39 is 0 Å². The predicted octanol–water partition coefficient (Wildman–Crippen LogP) is 0.596. The zero-order valence-corrected chi connectivity index (χ0v) is 9.23. The lowest BCUT2D eigenvalue weighted by Crippen LogP contribution is -2.32. The van der Waals surface area contributed by atoms with Crippen molar-refractivity contribution in [3.05, 3.63) is 0 Å². The third-order valence-electron chi connectivity index (χ3n) is 3.15. The van der Waals surface area contributed by atoms with Crippen molar-refractivity contribution in [1.82, 2.24) is 4.90 Å². The summed E-state index contributed by atoms with van der Waals surface area (Å²) in [5, 5.41) is 8.89. The molecule has 2 heterocycles. The normalized spacial score (nSPS) is 33.4. The molecule has 2 fully saturated rings. The molecular weight excluding hydrogens is 194 g/mol. The van der Waals surface area contributed by atoms with Crippen LogP contribution in [0.2, 0.25) is 0 Å². The van der Waals surface area contributed by atoms with Gasteiger partial charge in [-0.15, -0.1) is 0 Å². The average Bonchev–Trinajstić information content (AvgIpc) is 2.76. The van der Waals surface area contributed by atoms with Gasteiger partial charge >= 0.3 is 0 Å². The SMILES string of the molecule is OCC1COC(CCN2CCCCC2)O1. The fourth-order valence-electron chi connectivity index (χ4n) is 2.23. The fraction of sp³-hybridized carbons (Fsp3) is 1.00. The number of likely N-dealkylation sites (tertiary alicyclic amines) is 1. The Labute approximate surface area is 91.2 Å². The number of aliphatic hydroxyl groups is 1. The van der Waals surface area contributed by atoms with E-state index in [9.17, 15) is 0 Å². The Kier molecular flexibility index (Phi) is 4.38. The molecule has 0 aromatic rings. The molecule has 0 spiro atoms. The molecule has 15 heavy (non-hydrogen) atoms. The number of hydrogen-bond acceptors (Lipinski definition) is 4. The number of nitrogens with zero attached hydrogens (tertiary/aromatic N) is 1. The summed E-state index contributed by atoms with van der Waals surface area (Å²) in [5.41, 5.74) is 0. The fourth-order valence-corrected chi connectivity index (χ4v) is 2.23. The Morgan fingerprint density at radius 2 is 2.00 bits per heavy atom. The molecule has 4 nitrogen and oxygen atoms in total. The van der Waals surface area contributed by atoms with E-state index in [-0.39, 0.29) is 19.0 Å². The van der Waals surface area contributed by atoms with Crippen molar-refractivity contribution in [3.8, 4) is 0 Å². The molecule has 0 aromatic carbocycles. The molecule has 88 valence electrons. The third-order valence-corrected chi connectivity index (χ3v) is 3.15. The standard InChI is InChI=1S/C11H21NO3/c13-8-10-9-14-11(15-10)4-7-12-5-2-1-3-6-12/h10-11,13H,1-9H2. The zero-order chi connectivity index (χ0) is 10.5. The first-order valence-electron chi connectivity index (χ1n) is 5.99. The molecule has 0 aliphatic carbocycles. The summed E-state index contributed by atoms with van der Waals surface area (Å²) in [6, 6.07) is 0. The minimum Gasteiger partial charge on any atom is -0.394 e. The van der Waals surface area contributed by atoms with Crippen LogP contribution in [0.1, 0.15) is 25.7 Å². The monoisotopic (exact) mass is 215 g/mol. The van der Waals surface area contributed by atoms with Crippen LogP contribution in [0.5, 0.6) is 0 Å². The van der Waals surface area contributed by atoms with Crippen LogP contribution < -0.4 is 0 Å². The molecule has 0 radical (unpaired) electrons. The summed E-state index contributed by atoms with van der Waals surface area (Å²) < 4.78 is 10.9. The summed E-state index contributed by atoms with van der Waals surface area (Å²) in [6.45, 7) is 4.11. The number of ether oxygens (including phenoxy) is 2. The molecule has 2 unspecified atom stereocenters. The Morgan fingerprint density at radius 1 is 1.20 bits per heavy atom. The maximum Gasteiger partial charge on any atom is 0.159 e. The molecule has 2 rings (SSSR count). The van der Waals surface area contributed by atoms with E-state index in [1.54, 1.807) is 0 Å². The van der Waals surface area contributed by atoms with Gasteiger partial charge in [-0.25, -0.2) is 0 Å². The van der Waals surface area contributed by atoms with Gasteiger partial charge in [0.15, 0.2) is 6.29 Å². The van der Waals surface area contributed by atoms with Gasteiger partial charge in [-0.05, 0) is 25.9 Å². The second kappa shape index (κ2) is 5.80. The zero-order valence-electron chi connectivity index (χ0n) is 9.23. The van der Waals surface area contributed by atoms with Crippen molar-refractivity contribution in [2.75, 3.05) is 32.8 Å². The van der Waals surface area contributed by atoms with Gasteiger partial charge in [-0.1, -0.05) is 6.42 Å². The molecule has 2 aliphatic rings. The van der Waals surface area contributed by atoms with Crippen LogP contribution >= 0.6 is 0 Å². The molecule has 0 amide bonds. The van der Waals surface area contributed by atoms with Gasteiger partial charge in [-0.3, -0.25) is 0 Å². The van der Waals surface area contributed by atoms with E-state index in [4.69, 9.17) is 14.6 Å². The Balaban J connectivity index is 1.61. The van der Waals surface area contributed by atoms with Gasteiger partial charge in [0.2, 0.25) is 0 Å². The summed E-state index contributed by atoms with van der Waals surface area (Å²) >= 11 is 0. The van der Waals surface area contributed by atoms with Crippen molar-refractivity contribution in [2.24, 2.45) is 0 Å². The number of piperidine rings is 1. The van der Waals surface area contributed by atoms with Crippen LogP contribution in [-0.2, 0) is 9.47 Å². The van der Waals surface area contributed by atoms with Gasteiger partial charge in [0, 0.05) is 13.0 Å². The Morgan fingerprint density at radius 3 is 2.67 bits per heavy atom. The topological polar surface area (TPSA) is 41.9 Å². The van der Waals surface area contributed by atoms with Crippen molar-refractivity contribution in [1.29, 1.82) is 0 Å². The van der Waals surface area contributed by atoms with Crippen LogP contribution in [0.4, 0.5) is 0 Å². The first-order chi connectivity index (χ1) is 7.38. The third kappa shape index (κ3) is 3.41. The molecule has 0 aromatic heterocycles. The van der Waals surface area contributed by atoms with Crippen LogP contribution in [0.3, 0.4) is 0 Å². The van der Waals surface area contributed by atoms with Crippen molar-refractivity contribution >= 4 is 0 Å². The second-order valence-electron chi connectivity index (χ2n) is 4.39. The highest BCUT2D eigenvalue weighted by Gasteiger charge is 2.25. The molecule has 2 atom stereocenters. The van der Waals surface area contributed by atoms with Gasteiger partial charge in [-0.2, -0.15) is 0 Å². The highest BCUT2D eigenvalue weighted by atomic mass is 16.7. The molecule has 4 heteroatoms. The number of rotatable bonds is 4. The Hall–Kier alpha value is -0.160. The highest BCUT2D eigenvalue weighted by molar-refractivity contribution is 4.68. The van der Waals surface area contributed by atoms with Crippen molar-refractivity contribution in [2.45, 2.75) is 38.1 Å². The Bertz CT molecular complexity index is 183. The molecule has 1 N–H and O–H groups in total. The van der Waals surface area contributed by atoms with Crippen LogP contribution in [0.25, 0.3) is 0 Å². The lowest BCUT2D eigenvalue weighted by molar-refractivity contribution is -0.0733. The maximum absolute atomic E-state index is 8.89. The minimum atomic E-state index is -0.101. The molecule has 0 saturated carbocycles. The van der Waals surface area contributed by atoms with E-state index in [0.29, 0.717) is 6.61 Å². The van der Waals surface area contributed by atoms with Crippen LogP contribution in [-0.4, -0.2) is 55.2 Å². The van der Waals surface area contributed by atoms with E-state index in [1.807, 2.05) is 0 Å². The molecule has 2 saturated heterocycles. The molecule has 2 aliphatic heterocycles. The maximum atomic E-state index is 8.89. The molecule has 0 bridgehead atoms. The van der Waals surface area contributed by atoms with Crippen LogP contribution in [0, 0.1) is 0 Å². The van der Waals surface area contributed by atoms with Crippen molar-refractivity contribution in [3.63, 3.8) is 0 Å². The van der Waals surface area contributed by atoms with E-state index in [2.05, 4.69) is 4.90 Å². The average molecular weight is 215 g/mol. The van der Waals surface area contributed by atoms with Gasteiger partial charge in [0.05, 0.1) is 13.2 Å². The number of hydrogen-bond donors (Lipinski definition) is 1. The quantitative estimate of drug-likeness (QED) is 0.745. The minimum absolute atomic E-state index is 0.0697. The lowest BCUT2D eigenvalue weighted by atomic mass is 10.1. The largest absolute Gasteiger partial charge is 0.394 e. The van der Waals surface area contributed by atoms with E-state index in [1.165, 1.54) is 32.4 Å². The van der Waals surface area contributed by atoms with E-state index in [0.717, 1.165) is 13.0 Å². The van der Waals surface area contributed by atoms with Gasteiger partial charge < -0.3 is 19.5 Å². The first kappa shape index (κ1) is 11.3. The van der Waals surface area contributed by atoms with Crippen LogP contribution in [0.15, 0.2) is 0 Å². The van der Waals surface area contributed by atoms with Gasteiger partial charge in [0.25, 0.3) is 0 Å². The smallest absolute Gasteiger partial charge is 0.159 e. The predicted molar refractivity (Wildman–Crippen MR) is 56.6 cm³/mol. The van der Waals surface area contributed by atoms with Gasteiger partial charge in [0.1, 0.15) is 6.10 Å².